The Kier molecular flexibility index (Phi) is 3.86. The van der Waals surface area contributed by atoms with Crippen molar-refractivity contribution in [3.8, 4) is 0 Å². The predicted molar refractivity (Wildman–Crippen MR) is 72.2 cm³/mol. The molecule has 0 aliphatic rings. The number of anilines is 2. The molecule has 2 aromatic rings. The van der Waals surface area contributed by atoms with Gasteiger partial charge in [0.1, 0.15) is 22.1 Å². The minimum Gasteiger partial charge on any atom is -0.373 e. The number of halogens is 1. The molecule has 1 atom stereocenters. The van der Waals surface area contributed by atoms with E-state index in [0.717, 1.165) is 10.9 Å². The van der Waals surface area contributed by atoms with Crippen molar-refractivity contribution in [1.82, 2.24) is 14.8 Å². The first-order chi connectivity index (χ1) is 8.52. The molecule has 98 valence electrons. The Morgan fingerprint density at radius 1 is 1.67 bits per heavy atom. The van der Waals surface area contributed by atoms with Gasteiger partial charge >= 0.3 is 0 Å². The third kappa shape index (κ3) is 2.49. The molecule has 0 spiro atoms. The van der Waals surface area contributed by atoms with E-state index in [4.69, 9.17) is 17.3 Å². The average Bonchev–Trinajstić information content (AvgIpc) is 2.93. The van der Waals surface area contributed by atoms with Gasteiger partial charge in [0, 0.05) is 19.7 Å². The standard InChI is InChI=1S/C10H14ClN5OS/c1-3-16-8(4-6(14-16)9(12)17)15(2)10-13-5-7(11)18-10/h4-5,9,17H,3,12H2,1-2H3. The molecule has 2 heterocycles. The lowest BCUT2D eigenvalue weighted by Crippen LogP contribution is -2.14. The third-order valence-electron chi connectivity index (χ3n) is 2.48. The van der Waals surface area contributed by atoms with E-state index in [1.807, 2.05) is 18.9 Å². The number of aryl methyl sites for hydroxylation is 1. The zero-order chi connectivity index (χ0) is 13.3. The van der Waals surface area contributed by atoms with Gasteiger partial charge < -0.3 is 15.7 Å². The number of rotatable bonds is 4. The van der Waals surface area contributed by atoms with Gasteiger partial charge in [-0.2, -0.15) is 5.10 Å². The van der Waals surface area contributed by atoms with Gasteiger partial charge in [-0.3, -0.25) is 0 Å². The zero-order valence-corrected chi connectivity index (χ0v) is 11.6. The van der Waals surface area contributed by atoms with Crippen LogP contribution in [0.15, 0.2) is 12.3 Å². The highest BCUT2D eigenvalue weighted by Gasteiger charge is 2.17. The van der Waals surface area contributed by atoms with Crippen molar-refractivity contribution in [3.63, 3.8) is 0 Å². The molecule has 6 nitrogen and oxygen atoms in total. The van der Waals surface area contributed by atoms with E-state index in [0.29, 0.717) is 16.6 Å². The first-order valence-electron chi connectivity index (χ1n) is 5.39. The van der Waals surface area contributed by atoms with Crippen LogP contribution < -0.4 is 10.6 Å². The Balaban J connectivity index is 2.37. The second kappa shape index (κ2) is 5.23. The van der Waals surface area contributed by atoms with Crippen molar-refractivity contribution in [2.24, 2.45) is 5.73 Å². The quantitative estimate of drug-likeness (QED) is 0.837. The lowest BCUT2D eigenvalue weighted by molar-refractivity contribution is 0.180. The molecule has 2 aromatic heterocycles. The number of aromatic nitrogens is 3. The molecule has 2 rings (SSSR count). The molecule has 1 unspecified atom stereocenters. The molecule has 3 N–H and O–H groups in total. The second-order valence-electron chi connectivity index (χ2n) is 3.69. The third-order valence-corrected chi connectivity index (χ3v) is 3.67. The first kappa shape index (κ1) is 13.3. The number of nitrogens with two attached hydrogens (primary N) is 1. The molecule has 0 amide bonds. The topological polar surface area (TPSA) is 80.2 Å². The summed E-state index contributed by atoms with van der Waals surface area (Å²) in [4.78, 5) is 6.06. The lowest BCUT2D eigenvalue weighted by atomic mass is 10.4. The molecule has 0 aliphatic carbocycles. The van der Waals surface area contributed by atoms with Crippen LogP contribution >= 0.6 is 22.9 Å². The number of nitrogens with zero attached hydrogens (tertiary/aromatic N) is 4. The van der Waals surface area contributed by atoms with Gasteiger partial charge in [0.2, 0.25) is 0 Å². The molecule has 0 aromatic carbocycles. The molecule has 0 saturated carbocycles. The molecule has 0 radical (unpaired) electrons. The molecule has 0 saturated heterocycles. The molecule has 8 heteroatoms. The fourth-order valence-corrected chi connectivity index (χ4v) is 2.44. The summed E-state index contributed by atoms with van der Waals surface area (Å²) in [7, 11) is 1.87. The van der Waals surface area contributed by atoms with Crippen LogP contribution in [0, 0.1) is 0 Å². The van der Waals surface area contributed by atoms with Crippen LogP contribution in [0.4, 0.5) is 10.9 Å². The number of aliphatic hydroxyl groups is 1. The minimum absolute atomic E-state index is 0.432. The number of hydrogen-bond acceptors (Lipinski definition) is 6. The maximum absolute atomic E-state index is 9.36. The zero-order valence-electron chi connectivity index (χ0n) is 10.0. The van der Waals surface area contributed by atoms with Crippen molar-refractivity contribution in [1.29, 1.82) is 0 Å². The summed E-state index contributed by atoms with van der Waals surface area (Å²) in [5.41, 5.74) is 5.85. The largest absolute Gasteiger partial charge is 0.373 e. The number of thiazole rings is 1. The summed E-state index contributed by atoms with van der Waals surface area (Å²) in [6.07, 6.45) is 0.522. The Morgan fingerprint density at radius 3 is 2.89 bits per heavy atom. The van der Waals surface area contributed by atoms with Crippen molar-refractivity contribution in [2.75, 3.05) is 11.9 Å². The van der Waals surface area contributed by atoms with Crippen LogP contribution in [0.1, 0.15) is 18.8 Å². The summed E-state index contributed by atoms with van der Waals surface area (Å²) in [6, 6.07) is 1.74. The Labute approximate surface area is 114 Å². The highest BCUT2D eigenvalue weighted by Crippen LogP contribution is 2.31. The number of aliphatic hydroxyl groups excluding tert-OH is 1. The molecule has 0 aliphatic heterocycles. The summed E-state index contributed by atoms with van der Waals surface area (Å²) >= 11 is 7.24. The predicted octanol–water partition coefficient (Wildman–Crippen LogP) is 1.73. The van der Waals surface area contributed by atoms with Crippen molar-refractivity contribution >= 4 is 33.9 Å². The number of hydrogen-bond donors (Lipinski definition) is 2. The summed E-state index contributed by atoms with van der Waals surface area (Å²) in [5.74, 6) is 0.808. The van der Waals surface area contributed by atoms with E-state index in [-0.39, 0.29) is 0 Å². The van der Waals surface area contributed by atoms with Gasteiger partial charge in [-0.1, -0.05) is 22.9 Å². The van der Waals surface area contributed by atoms with E-state index in [2.05, 4.69) is 10.1 Å². The highest BCUT2D eigenvalue weighted by molar-refractivity contribution is 7.19. The highest BCUT2D eigenvalue weighted by atomic mass is 35.5. The molecule has 0 fully saturated rings. The van der Waals surface area contributed by atoms with Gasteiger partial charge in [0.25, 0.3) is 0 Å². The van der Waals surface area contributed by atoms with E-state index < -0.39 is 6.23 Å². The van der Waals surface area contributed by atoms with Crippen LogP contribution in [0.5, 0.6) is 0 Å². The molecule has 0 bridgehead atoms. The summed E-state index contributed by atoms with van der Waals surface area (Å²) in [6.45, 7) is 2.64. The first-order valence-corrected chi connectivity index (χ1v) is 6.58. The van der Waals surface area contributed by atoms with Crippen LogP contribution in [0.3, 0.4) is 0 Å². The van der Waals surface area contributed by atoms with E-state index >= 15 is 0 Å². The smallest absolute Gasteiger partial charge is 0.192 e. The fourth-order valence-electron chi connectivity index (χ4n) is 1.57. The van der Waals surface area contributed by atoms with E-state index in [1.54, 1.807) is 16.9 Å². The minimum atomic E-state index is -1.08. The van der Waals surface area contributed by atoms with Crippen molar-refractivity contribution in [3.05, 3.63) is 22.3 Å². The Bertz CT molecular complexity index is 538. The summed E-state index contributed by atoms with van der Waals surface area (Å²) < 4.78 is 2.37. The Morgan fingerprint density at radius 2 is 2.39 bits per heavy atom. The van der Waals surface area contributed by atoms with Crippen LogP contribution in [-0.4, -0.2) is 26.9 Å². The van der Waals surface area contributed by atoms with Crippen molar-refractivity contribution < 1.29 is 5.11 Å². The normalized spacial score (nSPS) is 12.7. The maximum atomic E-state index is 9.36. The SMILES string of the molecule is CCn1nc(C(N)O)cc1N(C)c1ncc(Cl)s1. The van der Waals surface area contributed by atoms with Crippen molar-refractivity contribution in [2.45, 2.75) is 19.7 Å². The fraction of sp³-hybridized carbons (Fsp3) is 0.400. The summed E-state index contributed by atoms with van der Waals surface area (Å²) in [5, 5.41) is 14.3. The molecular weight excluding hydrogens is 274 g/mol. The van der Waals surface area contributed by atoms with Gasteiger partial charge in [0.15, 0.2) is 5.13 Å². The van der Waals surface area contributed by atoms with Gasteiger partial charge in [-0.05, 0) is 6.92 Å². The molecule has 18 heavy (non-hydrogen) atoms. The molecular formula is C10H14ClN5OS. The van der Waals surface area contributed by atoms with E-state index in [9.17, 15) is 5.11 Å². The monoisotopic (exact) mass is 287 g/mol. The average molecular weight is 288 g/mol. The van der Waals surface area contributed by atoms with Crippen LogP contribution in [0.2, 0.25) is 4.34 Å². The van der Waals surface area contributed by atoms with E-state index in [1.165, 1.54) is 11.3 Å². The lowest BCUT2D eigenvalue weighted by Gasteiger charge is -2.16. The van der Waals surface area contributed by atoms with Gasteiger partial charge in [-0.15, -0.1) is 0 Å². The second-order valence-corrected chi connectivity index (χ2v) is 5.33. The Hall–Kier alpha value is -1.15. The van der Waals surface area contributed by atoms with Gasteiger partial charge in [-0.25, -0.2) is 9.67 Å². The van der Waals surface area contributed by atoms with Crippen LogP contribution in [0.25, 0.3) is 0 Å². The van der Waals surface area contributed by atoms with Crippen LogP contribution in [-0.2, 0) is 6.54 Å². The maximum Gasteiger partial charge on any atom is 0.192 e. The van der Waals surface area contributed by atoms with Gasteiger partial charge in [0.05, 0.1) is 6.20 Å².